The van der Waals surface area contributed by atoms with Crippen LogP contribution in [0.2, 0.25) is 0 Å². The fraction of sp³-hybridized carbons (Fsp3) is 0.300. The largest absolute Gasteiger partial charge is 0.438 e. The number of carbonyl (C=O) groups is 1. The molecule has 1 aliphatic rings. The Kier molecular flexibility index (Phi) is 2.03. The number of nitrogens with one attached hydrogen (secondary N) is 1. The number of cyclic esters (lactones) is 1. The van der Waals surface area contributed by atoms with E-state index in [-0.39, 0.29) is 0 Å². The van der Waals surface area contributed by atoms with E-state index >= 15 is 0 Å². The molecule has 0 saturated heterocycles. The number of hydrogen-bond donors (Lipinski definition) is 1. The first-order valence-corrected chi connectivity index (χ1v) is 5.08. The summed E-state index contributed by atoms with van der Waals surface area (Å²) in [4.78, 5) is 11.2. The maximum atomic E-state index is 11.2. The highest BCUT2D eigenvalue weighted by Crippen LogP contribution is 2.36. The summed E-state index contributed by atoms with van der Waals surface area (Å²) in [5.74, 6) is 0. The van der Waals surface area contributed by atoms with Crippen LogP contribution in [0.1, 0.15) is 19.4 Å². The van der Waals surface area contributed by atoms with E-state index < -0.39 is 11.7 Å². The van der Waals surface area contributed by atoms with Gasteiger partial charge in [-0.15, -0.1) is 0 Å². The Balaban J connectivity index is 2.57. The predicted octanol–water partition coefficient (Wildman–Crippen LogP) is 3.25. The molecule has 0 bridgehead atoms. The molecule has 14 heavy (non-hydrogen) atoms. The fourth-order valence-electron chi connectivity index (χ4n) is 1.57. The van der Waals surface area contributed by atoms with Gasteiger partial charge in [0, 0.05) is 10.0 Å². The number of carbonyl (C=O) groups excluding carboxylic acids is 1. The smallest absolute Gasteiger partial charge is 0.412 e. The second-order valence-corrected chi connectivity index (χ2v) is 4.63. The molecule has 1 aromatic carbocycles. The lowest BCUT2D eigenvalue weighted by atomic mass is 9.95. The molecule has 0 aliphatic carbocycles. The molecule has 3 nitrogen and oxygen atoms in total. The number of rotatable bonds is 0. The molecule has 1 heterocycles. The molecule has 0 radical (unpaired) electrons. The molecule has 0 saturated carbocycles. The van der Waals surface area contributed by atoms with Crippen LogP contribution < -0.4 is 5.32 Å². The van der Waals surface area contributed by atoms with E-state index in [0.29, 0.717) is 0 Å². The second-order valence-electron chi connectivity index (χ2n) is 3.71. The standard InChI is InChI=1S/C10H10BrNO2/c1-10(2)7-4-3-6(11)5-8(7)12-9(13)14-10/h3-5H,1-2H3,(H,12,13). The third kappa shape index (κ3) is 1.50. The van der Waals surface area contributed by atoms with Crippen molar-refractivity contribution in [3.8, 4) is 0 Å². The van der Waals surface area contributed by atoms with Gasteiger partial charge < -0.3 is 4.74 Å². The summed E-state index contributed by atoms with van der Waals surface area (Å²) in [5.41, 5.74) is 1.24. The minimum atomic E-state index is -0.557. The molecule has 1 amide bonds. The van der Waals surface area contributed by atoms with Gasteiger partial charge in [0.1, 0.15) is 5.60 Å². The summed E-state index contributed by atoms with van der Waals surface area (Å²) in [7, 11) is 0. The number of fused-ring (bicyclic) bond motifs is 1. The van der Waals surface area contributed by atoms with Crippen LogP contribution in [0, 0.1) is 0 Å². The van der Waals surface area contributed by atoms with Crippen molar-refractivity contribution in [2.24, 2.45) is 0 Å². The Hall–Kier alpha value is -1.03. The zero-order valence-electron chi connectivity index (χ0n) is 7.93. The summed E-state index contributed by atoms with van der Waals surface area (Å²) in [6.45, 7) is 3.75. The number of anilines is 1. The van der Waals surface area contributed by atoms with Crippen LogP contribution in [0.15, 0.2) is 22.7 Å². The molecule has 74 valence electrons. The van der Waals surface area contributed by atoms with E-state index in [1.165, 1.54) is 0 Å². The predicted molar refractivity (Wildman–Crippen MR) is 57.3 cm³/mol. The van der Waals surface area contributed by atoms with Crippen LogP contribution >= 0.6 is 15.9 Å². The van der Waals surface area contributed by atoms with Gasteiger partial charge in [-0.25, -0.2) is 4.79 Å². The van der Waals surface area contributed by atoms with E-state index in [1.807, 2.05) is 32.0 Å². The second kappa shape index (κ2) is 2.98. The molecule has 0 fully saturated rings. The van der Waals surface area contributed by atoms with Gasteiger partial charge in [0.15, 0.2) is 0 Å². The van der Waals surface area contributed by atoms with Gasteiger partial charge in [0.25, 0.3) is 0 Å². The highest BCUT2D eigenvalue weighted by molar-refractivity contribution is 9.10. The van der Waals surface area contributed by atoms with E-state index in [1.54, 1.807) is 0 Å². The Morgan fingerprint density at radius 1 is 1.43 bits per heavy atom. The van der Waals surface area contributed by atoms with Gasteiger partial charge in [-0.2, -0.15) is 0 Å². The van der Waals surface area contributed by atoms with Gasteiger partial charge in [-0.3, -0.25) is 5.32 Å². The highest BCUT2D eigenvalue weighted by atomic mass is 79.9. The first-order valence-electron chi connectivity index (χ1n) is 4.29. The topological polar surface area (TPSA) is 38.3 Å². The summed E-state index contributed by atoms with van der Waals surface area (Å²) in [6.07, 6.45) is -0.402. The minimum absolute atomic E-state index is 0.402. The molecule has 0 unspecified atom stereocenters. The van der Waals surface area contributed by atoms with Crippen molar-refractivity contribution in [3.05, 3.63) is 28.2 Å². The Labute approximate surface area is 90.6 Å². The monoisotopic (exact) mass is 255 g/mol. The quantitative estimate of drug-likeness (QED) is 0.773. The first kappa shape index (κ1) is 9.52. The van der Waals surface area contributed by atoms with Crippen molar-refractivity contribution >= 4 is 27.7 Å². The first-order chi connectivity index (χ1) is 6.49. The number of ether oxygens (including phenoxy) is 1. The Morgan fingerprint density at radius 2 is 2.14 bits per heavy atom. The summed E-state index contributed by atoms with van der Waals surface area (Å²) < 4.78 is 6.11. The van der Waals surface area contributed by atoms with Crippen molar-refractivity contribution in [1.82, 2.24) is 0 Å². The lowest BCUT2D eigenvalue weighted by Crippen LogP contribution is -2.34. The van der Waals surface area contributed by atoms with Crippen LogP contribution in [0.25, 0.3) is 0 Å². The maximum Gasteiger partial charge on any atom is 0.412 e. The molecular weight excluding hydrogens is 246 g/mol. The van der Waals surface area contributed by atoms with Gasteiger partial charge >= 0.3 is 6.09 Å². The van der Waals surface area contributed by atoms with E-state index in [4.69, 9.17) is 4.74 Å². The number of benzene rings is 1. The van der Waals surface area contributed by atoms with Gasteiger partial charge in [-0.1, -0.05) is 22.0 Å². The van der Waals surface area contributed by atoms with Crippen LogP contribution in [0.4, 0.5) is 10.5 Å². The summed E-state index contributed by atoms with van der Waals surface area (Å²) in [5, 5.41) is 2.67. The number of halogens is 1. The molecule has 0 aromatic heterocycles. The van der Waals surface area contributed by atoms with Gasteiger partial charge in [0.2, 0.25) is 0 Å². The zero-order chi connectivity index (χ0) is 10.3. The van der Waals surface area contributed by atoms with Crippen molar-refractivity contribution in [1.29, 1.82) is 0 Å². The third-order valence-corrected chi connectivity index (χ3v) is 2.71. The lowest BCUT2D eigenvalue weighted by Gasteiger charge is -2.32. The van der Waals surface area contributed by atoms with Crippen molar-refractivity contribution < 1.29 is 9.53 Å². The van der Waals surface area contributed by atoms with Crippen molar-refractivity contribution in [2.45, 2.75) is 19.4 Å². The van der Waals surface area contributed by atoms with Crippen LogP contribution in [-0.2, 0) is 10.3 Å². The molecule has 4 heteroatoms. The normalized spacial score (nSPS) is 18.1. The third-order valence-electron chi connectivity index (χ3n) is 2.21. The Bertz CT molecular complexity index is 401. The lowest BCUT2D eigenvalue weighted by molar-refractivity contribution is 0.0420. The zero-order valence-corrected chi connectivity index (χ0v) is 9.51. The average molecular weight is 256 g/mol. The van der Waals surface area contributed by atoms with E-state index in [0.717, 1.165) is 15.7 Å². The Morgan fingerprint density at radius 3 is 2.86 bits per heavy atom. The van der Waals surface area contributed by atoms with Gasteiger partial charge in [0.05, 0.1) is 5.69 Å². The van der Waals surface area contributed by atoms with Crippen molar-refractivity contribution in [2.75, 3.05) is 5.32 Å². The highest BCUT2D eigenvalue weighted by Gasteiger charge is 2.32. The van der Waals surface area contributed by atoms with Crippen LogP contribution in [0.5, 0.6) is 0 Å². The summed E-state index contributed by atoms with van der Waals surface area (Å²) in [6, 6.07) is 5.75. The molecule has 1 N–H and O–H groups in total. The molecule has 0 spiro atoms. The molecule has 0 atom stereocenters. The average Bonchev–Trinajstić information content (AvgIpc) is 2.00. The van der Waals surface area contributed by atoms with Crippen LogP contribution in [-0.4, -0.2) is 6.09 Å². The fourth-order valence-corrected chi connectivity index (χ4v) is 1.93. The SMILES string of the molecule is CC1(C)OC(=O)Nc2cc(Br)ccc21. The van der Waals surface area contributed by atoms with Gasteiger partial charge in [-0.05, 0) is 26.0 Å². The van der Waals surface area contributed by atoms with E-state index in [2.05, 4.69) is 21.2 Å². The maximum absolute atomic E-state index is 11.2. The number of amides is 1. The molecule has 1 aromatic rings. The van der Waals surface area contributed by atoms with E-state index in [9.17, 15) is 4.79 Å². The summed E-state index contributed by atoms with van der Waals surface area (Å²) >= 11 is 3.36. The van der Waals surface area contributed by atoms with Crippen molar-refractivity contribution in [3.63, 3.8) is 0 Å². The van der Waals surface area contributed by atoms with Crippen LogP contribution in [0.3, 0.4) is 0 Å². The molecule has 2 rings (SSSR count). The number of hydrogen-bond acceptors (Lipinski definition) is 2. The molecular formula is C10H10BrNO2. The molecule has 1 aliphatic heterocycles. The minimum Gasteiger partial charge on any atom is -0.438 e.